The van der Waals surface area contributed by atoms with Gasteiger partial charge < -0.3 is 19.5 Å². The summed E-state index contributed by atoms with van der Waals surface area (Å²) >= 11 is 3.93. The third kappa shape index (κ3) is 22.0. The van der Waals surface area contributed by atoms with Gasteiger partial charge in [0.15, 0.2) is 11.1 Å². The number of ether oxygens (including phenoxy) is 3. The number of nitrogens with zero attached hydrogens (tertiary/aromatic N) is 3. The van der Waals surface area contributed by atoms with Gasteiger partial charge in [0, 0.05) is 29.3 Å². The first kappa shape index (κ1) is 63.3. The summed E-state index contributed by atoms with van der Waals surface area (Å²) in [7, 11) is 0. The molecule has 1 amide bonds. The van der Waals surface area contributed by atoms with E-state index in [9.17, 15) is 13.8 Å². The highest BCUT2D eigenvalue weighted by molar-refractivity contribution is 9.10. The Hall–Kier alpha value is -3.95. The largest absolute Gasteiger partial charge is 0.491 e. The maximum Gasteiger partial charge on any atom is 0.407 e. The number of alkyl carbamates (subject to hydrolysis) is 1. The number of aryl methyl sites for hydroxylation is 2. The number of fused-ring (bicyclic) bond motifs is 1. The Kier molecular flexibility index (Phi) is 29.4. The lowest BCUT2D eigenvalue weighted by molar-refractivity contribution is 0.0523. The van der Waals surface area contributed by atoms with Crippen LogP contribution in [0.25, 0.3) is 27.0 Å². The van der Waals surface area contributed by atoms with Gasteiger partial charge in [-0.15, -0.1) is 11.3 Å². The number of benzene rings is 3. The lowest BCUT2D eigenvalue weighted by Crippen LogP contribution is -2.32. The van der Waals surface area contributed by atoms with Gasteiger partial charge in [0.1, 0.15) is 23.8 Å². The van der Waals surface area contributed by atoms with Crippen LogP contribution in [-0.4, -0.2) is 63.1 Å². The van der Waals surface area contributed by atoms with Crippen LogP contribution in [0.3, 0.4) is 0 Å². The summed E-state index contributed by atoms with van der Waals surface area (Å²) in [4.78, 5) is 34.8. The standard InChI is InChI=1S/C33H47BrN2O5S.C16H20N2O2S.C6H12.C4H10/c1-7-10-11-14-25(13-8-2)26-21-24(5)29(22-30(26)40-19-17-39-18-20-41-42(6)38)36-28-16-12-15-27(34)31(28)33(37)35-32(36)23(4)9-3;1-11-14(21-10-18-11)13-7-5-12(6-8-13)9-17-15(19)20-16(2,3)4;1-6-4-2-3-5-6;1-3-4-2/h12,15-16,21-23,25H,7-11,13-14,17-20H2,1-6H3;5-8,10H,9H2,1-4H3,(H,17,19);6H,2-5H2,1H3;3-4H2,1-2H3. The molecule has 2 aromatic heterocycles. The zero-order valence-electron chi connectivity index (χ0n) is 46.6. The van der Waals surface area contributed by atoms with Crippen LogP contribution in [0.15, 0.2) is 69.4 Å². The van der Waals surface area contributed by atoms with Crippen LogP contribution < -0.4 is 15.6 Å². The number of thiazole rings is 1. The number of halogens is 1. The van der Waals surface area contributed by atoms with Gasteiger partial charge in [-0.25, -0.2) is 14.0 Å². The molecule has 14 heteroatoms. The van der Waals surface area contributed by atoms with Crippen LogP contribution in [0.1, 0.15) is 193 Å². The van der Waals surface area contributed by atoms with Crippen molar-refractivity contribution in [1.82, 2.24) is 19.9 Å². The van der Waals surface area contributed by atoms with Gasteiger partial charge in [0.05, 0.1) is 52.5 Å². The van der Waals surface area contributed by atoms with Gasteiger partial charge in [0.2, 0.25) is 0 Å². The minimum atomic E-state index is -1.30. The topological polar surface area (TPSA) is 131 Å². The summed E-state index contributed by atoms with van der Waals surface area (Å²) in [5.74, 6) is 3.12. The fraction of sp³-hybridized carbons (Fsp3) is 0.593. The third-order valence-electron chi connectivity index (χ3n) is 12.7. The first-order chi connectivity index (χ1) is 34.9. The Morgan fingerprint density at radius 3 is 2.16 bits per heavy atom. The van der Waals surface area contributed by atoms with Crippen molar-refractivity contribution in [2.75, 3.05) is 32.7 Å². The fourth-order valence-electron chi connectivity index (χ4n) is 8.33. The molecular weight excluding hydrogens is 1020 g/mol. The monoisotopic (exact) mass is 1110 g/mol. The van der Waals surface area contributed by atoms with Crippen LogP contribution in [0, 0.1) is 19.8 Å². The average Bonchev–Trinajstić information content (AvgIpc) is 4.03. The number of hydrogen-bond acceptors (Lipinski definition) is 10. The van der Waals surface area contributed by atoms with E-state index in [1.165, 1.54) is 74.5 Å². The van der Waals surface area contributed by atoms with Crippen molar-refractivity contribution < 1.29 is 27.4 Å². The van der Waals surface area contributed by atoms with Crippen molar-refractivity contribution in [2.45, 2.75) is 191 Å². The number of rotatable bonds is 22. The number of carbonyl (C=O) groups excluding carboxylic acids is 1. The third-order valence-corrected chi connectivity index (χ3v) is 14.8. The van der Waals surface area contributed by atoms with Gasteiger partial charge >= 0.3 is 6.09 Å². The van der Waals surface area contributed by atoms with Gasteiger partial charge in [-0.2, -0.15) is 4.98 Å². The smallest absolute Gasteiger partial charge is 0.407 e. The number of carbonyl (C=O) groups is 1. The van der Waals surface area contributed by atoms with Gasteiger partial charge in [-0.3, -0.25) is 13.5 Å². The molecule has 1 N–H and O–H groups in total. The molecule has 1 saturated carbocycles. The molecule has 5 aromatic rings. The fourth-order valence-corrected chi connectivity index (χ4v) is 9.97. The number of hydrogen-bond donors (Lipinski definition) is 1. The predicted molar refractivity (Wildman–Crippen MR) is 310 cm³/mol. The van der Waals surface area contributed by atoms with Crippen molar-refractivity contribution in [2.24, 2.45) is 5.92 Å². The molecular formula is C59H89BrN4O7S2. The second-order valence-corrected chi connectivity index (χ2v) is 22.9. The summed E-state index contributed by atoms with van der Waals surface area (Å²) < 4.78 is 36.4. The molecule has 0 bridgehead atoms. The molecule has 11 nitrogen and oxygen atoms in total. The molecule has 0 spiro atoms. The van der Waals surface area contributed by atoms with E-state index in [-0.39, 0.29) is 18.1 Å². The Balaban J connectivity index is 0.000000370. The minimum Gasteiger partial charge on any atom is -0.491 e. The normalized spacial score (nSPS) is 13.7. The summed E-state index contributed by atoms with van der Waals surface area (Å²) in [6.07, 6.45) is 17.4. The quantitative estimate of drug-likeness (QED) is 0.0673. The molecule has 0 radical (unpaired) electrons. The molecule has 3 atom stereocenters. The van der Waals surface area contributed by atoms with E-state index in [0.29, 0.717) is 37.7 Å². The van der Waals surface area contributed by atoms with Crippen LogP contribution >= 0.6 is 27.3 Å². The van der Waals surface area contributed by atoms with E-state index in [1.807, 2.05) is 75.7 Å². The molecule has 0 saturated heterocycles. The molecule has 1 fully saturated rings. The van der Waals surface area contributed by atoms with Crippen LogP contribution in [0.4, 0.5) is 4.79 Å². The van der Waals surface area contributed by atoms with Gasteiger partial charge in [0.25, 0.3) is 5.56 Å². The molecule has 0 aliphatic heterocycles. The van der Waals surface area contributed by atoms with Crippen molar-refractivity contribution >= 4 is 55.3 Å². The lowest BCUT2D eigenvalue weighted by Gasteiger charge is -2.25. The number of amides is 1. The van der Waals surface area contributed by atoms with Crippen LogP contribution in [0.2, 0.25) is 0 Å². The summed E-state index contributed by atoms with van der Waals surface area (Å²) in [5, 5.41) is 3.32. The first-order valence-corrected chi connectivity index (χ1v) is 30.0. The molecule has 1 aliphatic carbocycles. The molecule has 2 heterocycles. The van der Waals surface area contributed by atoms with Crippen molar-refractivity contribution in [1.29, 1.82) is 0 Å². The van der Waals surface area contributed by atoms with Crippen molar-refractivity contribution in [3.05, 3.63) is 103 Å². The Morgan fingerprint density at radius 2 is 1.60 bits per heavy atom. The van der Waals surface area contributed by atoms with Crippen LogP contribution in [-0.2, 0) is 31.3 Å². The van der Waals surface area contributed by atoms with E-state index in [1.54, 1.807) is 11.3 Å². The second kappa shape index (κ2) is 33.9. The zero-order valence-corrected chi connectivity index (χ0v) is 49.8. The van der Waals surface area contributed by atoms with Crippen LogP contribution in [0.5, 0.6) is 5.75 Å². The van der Waals surface area contributed by atoms with Crippen molar-refractivity contribution in [3.63, 3.8) is 0 Å². The minimum absolute atomic E-state index is 0.0829. The maximum atomic E-state index is 13.2. The number of aromatic nitrogens is 3. The summed E-state index contributed by atoms with van der Waals surface area (Å²) in [5.41, 5.74) is 8.51. The Morgan fingerprint density at radius 1 is 0.918 bits per heavy atom. The first-order valence-electron chi connectivity index (χ1n) is 26.9. The maximum absolute atomic E-state index is 13.2. The van der Waals surface area contributed by atoms with E-state index < -0.39 is 22.8 Å². The number of unbranched alkanes of at least 4 members (excludes halogenated alkanes) is 3. The van der Waals surface area contributed by atoms with Gasteiger partial charge in [-0.1, -0.05) is 149 Å². The lowest BCUT2D eigenvalue weighted by atomic mass is 9.87. The zero-order chi connectivity index (χ0) is 53.9. The Bertz CT molecular complexity index is 2460. The van der Waals surface area contributed by atoms with E-state index in [2.05, 4.69) is 103 Å². The van der Waals surface area contributed by atoms with Gasteiger partial charge in [-0.05, 0) is 116 Å². The predicted octanol–water partition coefficient (Wildman–Crippen LogP) is 16.3. The van der Waals surface area contributed by atoms with E-state index >= 15 is 0 Å². The highest BCUT2D eigenvalue weighted by Crippen LogP contribution is 2.39. The molecule has 1 aliphatic rings. The molecule has 3 unspecified atom stereocenters. The molecule has 73 heavy (non-hydrogen) atoms. The average molecular weight is 1110 g/mol. The summed E-state index contributed by atoms with van der Waals surface area (Å²) in [6.45, 7) is 26.9. The second-order valence-electron chi connectivity index (χ2n) is 20.1. The van der Waals surface area contributed by atoms with Crippen molar-refractivity contribution in [3.8, 4) is 21.9 Å². The highest BCUT2D eigenvalue weighted by Gasteiger charge is 2.24. The Labute approximate surface area is 454 Å². The number of nitrogens with one attached hydrogen (secondary N) is 1. The molecule has 3 aromatic carbocycles. The SMILES string of the molecule is CC1CCCC1.CCCC.CCCCCC(CCC)c1cc(C)c(-n2c(C(C)CC)nc(=O)c3c(Br)cccc32)cc1OCCOCCOS(C)=O.Cc1ncsc1-c1ccc(CNC(=O)OC(C)(C)C)cc1. The van der Waals surface area contributed by atoms with E-state index in [4.69, 9.17) is 18.4 Å². The highest BCUT2D eigenvalue weighted by atomic mass is 79.9. The molecule has 406 valence electrons. The molecule has 6 rings (SSSR count). The van der Waals surface area contributed by atoms with E-state index in [0.717, 1.165) is 81.2 Å². The summed E-state index contributed by atoms with van der Waals surface area (Å²) in [6, 6.07) is 18.4.